The van der Waals surface area contributed by atoms with Crippen LogP contribution in [-0.4, -0.2) is 32.0 Å². The molecule has 0 aliphatic heterocycles. The summed E-state index contributed by atoms with van der Waals surface area (Å²) in [6, 6.07) is 14.1. The number of aromatic nitrogens is 3. The average Bonchev–Trinajstić information content (AvgIpc) is 3.31. The van der Waals surface area contributed by atoms with Crippen molar-refractivity contribution < 1.29 is 9.21 Å². The van der Waals surface area contributed by atoms with Gasteiger partial charge in [0.25, 0.3) is 0 Å². The van der Waals surface area contributed by atoms with E-state index in [4.69, 9.17) is 4.42 Å². The second-order valence-electron chi connectivity index (χ2n) is 6.54. The molecule has 0 saturated carbocycles. The van der Waals surface area contributed by atoms with Gasteiger partial charge in [0.1, 0.15) is 0 Å². The van der Waals surface area contributed by atoms with Crippen LogP contribution in [0.1, 0.15) is 25.8 Å². The molecule has 2 aromatic heterocycles. The molecule has 3 rings (SSSR count). The molecule has 2 heterocycles. The molecule has 0 unspecified atom stereocenters. The van der Waals surface area contributed by atoms with Gasteiger partial charge in [-0.1, -0.05) is 42.1 Å². The number of rotatable bonds is 8. The van der Waals surface area contributed by atoms with Gasteiger partial charge in [-0.15, -0.1) is 10.2 Å². The zero-order valence-corrected chi connectivity index (χ0v) is 16.6. The fourth-order valence-corrected chi connectivity index (χ4v) is 3.53. The van der Waals surface area contributed by atoms with E-state index in [1.165, 1.54) is 17.3 Å². The van der Waals surface area contributed by atoms with Crippen molar-refractivity contribution in [2.75, 3.05) is 0 Å². The molecule has 1 N–H and O–H groups in total. The summed E-state index contributed by atoms with van der Waals surface area (Å²) in [7, 11) is 1.87. The topological polar surface area (TPSA) is 73.0 Å². The largest absolute Gasteiger partial charge is 0.461 e. The Labute approximate surface area is 163 Å². The molecule has 0 aliphatic rings. The number of thioether (sulfide) groups is 1. The number of amides is 1. The lowest BCUT2D eigenvalue weighted by atomic mass is 10.1. The van der Waals surface area contributed by atoms with Gasteiger partial charge in [-0.3, -0.25) is 4.79 Å². The summed E-state index contributed by atoms with van der Waals surface area (Å²) >= 11 is 1.39. The van der Waals surface area contributed by atoms with Crippen LogP contribution in [0.2, 0.25) is 0 Å². The van der Waals surface area contributed by atoms with Crippen molar-refractivity contribution in [2.24, 2.45) is 7.05 Å². The molecule has 6 nitrogen and oxygen atoms in total. The van der Waals surface area contributed by atoms with Gasteiger partial charge in [0.15, 0.2) is 16.7 Å². The molecule has 0 fully saturated rings. The molecule has 2 atom stereocenters. The van der Waals surface area contributed by atoms with Crippen molar-refractivity contribution in [3.05, 3.63) is 54.3 Å². The van der Waals surface area contributed by atoms with E-state index in [0.717, 1.165) is 12.8 Å². The molecule has 27 heavy (non-hydrogen) atoms. The van der Waals surface area contributed by atoms with Crippen LogP contribution in [0.15, 0.2) is 58.3 Å². The number of benzene rings is 1. The summed E-state index contributed by atoms with van der Waals surface area (Å²) in [6.07, 6.45) is 3.45. The van der Waals surface area contributed by atoms with Crippen molar-refractivity contribution >= 4 is 17.7 Å². The lowest BCUT2D eigenvalue weighted by Crippen LogP contribution is -2.38. The second-order valence-corrected chi connectivity index (χ2v) is 7.84. The van der Waals surface area contributed by atoms with E-state index < -0.39 is 0 Å². The molecule has 0 radical (unpaired) electrons. The van der Waals surface area contributed by atoms with E-state index in [1.54, 1.807) is 6.26 Å². The zero-order chi connectivity index (χ0) is 19.2. The Balaban J connectivity index is 1.52. The first-order valence-corrected chi connectivity index (χ1v) is 9.86. The van der Waals surface area contributed by atoms with Gasteiger partial charge in [0.05, 0.1) is 11.5 Å². The zero-order valence-electron chi connectivity index (χ0n) is 15.8. The summed E-state index contributed by atoms with van der Waals surface area (Å²) in [5.74, 6) is 1.30. The van der Waals surface area contributed by atoms with Crippen LogP contribution in [-0.2, 0) is 18.3 Å². The normalized spacial score (nSPS) is 13.3. The first kappa shape index (κ1) is 19.2. The van der Waals surface area contributed by atoms with E-state index in [1.807, 2.05) is 55.8 Å². The third-order valence-corrected chi connectivity index (χ3v) is 5.46. The Hall–Kier alpha value is -2.54. The fraction of sp³-hybridized carbons (Fsp3) is 0.350. The summed E-state index contributed by atoms with van der Waals surface area (Å²) < 4.78 is 7.21. The minimum Gasteiger partial charge on any atom is -0.461 e. The maximum Gasteiger partial charge on any atom is 0.233 e. The first-order chi connectivity index (χ1) is 13.0. The Morgan fingerprint density at radius 1 is 1.19 bits per heavy atom. The summed E-state index contributed by atoms with van der Waals surface area (Å²) in [6.45, 7) is 3.92. The van der Waals surface area contributed by atoms with Gasteiger partial charge in [-0.25, -0.2) is 0 Å². The van der Waals surface area contributed by atoms with E-state index in [-0.39, 0.29) is 17.2 Å². The van der Waals surface area contributed by atoms with Gasteiger partial charge in [-0.2, -0.15) is 0 Å². The number of furan rings is 1. The highest BCUT2D eigenvalue weighted by atomic mass is 32.2. The minimum absolute atomic E-state index is 0.00288. The van der Waals surface area contributed by atoms with Crippen LogP contribution >= 0.6 is 11.8 Å². The van der Waals surface area contributed by atoms with Crippen LogP contribution in [0, 0.1) is 0 Å². The number of aryl methyl sites for hydroxylation is 1. The minimum atomic E-state index is -0.267. The second kappa shape index (κ2) is 8.90. The average molecular weight is 385 g/mol. The van der Waals surface area contributed by atoms with Crippen molar-refractivity contribution in [3.8, 4) is 11.6 Å². The number of hydrogen-bond acceptors (Lipinski definition) is 5. The van der Waals surface area contributed by atoms with Crippen LogP contribution in [0.3, 0.4) is 0 Å². The summed E-state index contributed by atoms with van der Waals surface area (Å²) in [4.78, 5) is 12.5. The van der Waals surface area contributed by atoms with E-state index in [0.29, 0.717) is 16.7 Å². The van der Waals surface area contributed by atoms with Gasteiger partial charge < -0.3 is 14.3 Å². The first-order valence-electron chi connectivity index (χ1n) is 8.99. The molecule has 7 heteroatoms. The SMILES string of the molecule is C[C@H](CCc1ccccc1)NC(=O)[C@H](C)Sc1nnc(-c2ccco2)n1C. The van der Waals surface area contributed by atoms with E-state index in [9.17, 15) is 4.79 Å². The van der Waals surface area contributed by atoms with Gasteiger partial charge in [0, 0.05) is 13.1 Å². The molecule has 3 aromatic rings. The lowest BCUT2D eigenvalue weighted by molar-refractivity contribution is -0.120. The Bertz CT molecular complexity index is 862. The highest BCUT2D eigenvalue weighted by Crippen LogP contribution is 2.25. The van der Waals surface area contributed by atoms with Crippen LogP contribution in [0.5, 0.6) is 0 Å². The maximum absolute atomic E-state index is 12.5. The number of carbonyl (C=O) groups is 1. The van der Waals surface area contributed by atoms with Crippen molar-refractivity contribution in [1.82, 2.24) is 20.1 Å². The van der Waals surface area contributed by atoms with Crippen molar-refractivity contribution in [3.63, 3.8) is 0 Å². The predicted octanol–water partition coefficient (Wildman–Crippen LogP) is 3.69. The molecule has 0 spiro atoms. The van der Waals surface area contributed by atoms with Crippen molar-refractivity contribution in [1.29, 1.82) is 0 Å². The molecule has 1 amide bonds. The Morgan fingerprint density at radius 2 is 1.96 bits per heavy atom. The van der Waals surface area contributed by atoms with Crippen molar-refractivity contribution in [2.45, 2.75) is 43.1 Å². The van der Waals surface area contributed by atoms with Crippen LogP contribution < -0.4 is 5.32 Å². The smallest absolute Gasteiger partial charge is 0.233 e. The Kier molecular flexibility index (Phi) is 6.34. The molecule has 0 bridgehead atoms. The molecule has 142 valence electrons. The summed E-state index contributed by atoms with van der Waals surface area (Å²) in [5, 5.41) is 11.8. The molecular weight excluding hydrogens is 360 g/mol. The molecule has 0 aliphatic carbocycles. The third kappa shape index (κ3) is 5.01. The van der Waals surface area contributed by atoms with Gasteiger partial charge >= 0.3 is 0 Å². The van der Waals surface area contributed by atoms with Gasteiger partial charge in [0.2, 0.25) is 5.91 Å². The number of carbonyl (C=O) groups excluding carboxylic acids is 1. The number of hydrogen-bond donors (Lipinski definition) is 1. The van der Waals surface area contributed by atoms with Gasteiger partial charge in [-0.05, 0) is 44.4 Å². The third-order valence-electron chi connectivity index (χ3n) is 4.33. The monoisotopic (exact) mass is 384 g/mol. The van der Waals surface area contributed by atoms with Crippen LogP contribution in [0.4, 0.5) is 0 Å². The highest BCUT2D eigenvalue weighted by molar-refractivity contribution is 8.00. The maximum atomic E-state index is 12.5. The summed E-state index contributed by atoms with van der Waals surface area (Å²) in [5.41, 5.74) is 1.28. The fourth-order valence-electron chi connectivity index (χ4n) is 2.71. The molecular formula is C20H24N4O2S. The predicted molar refractivity (Wildman–Crippen MR) is 106 cm³/mol. The van der Waals surface area contributed by atoms with E-state index in [2.05, 4.69) is 27.6 Å². The molecule has 0 saturated heterocycles. The quantitative estimate of drug-likeness (QED) is 0.600. The number of nitrogens with one attached hydrogen (secondary N) is 1. The Morgan fingerprint density at radius 3 is 2.67 bits per heavy atom. The lowest BCUT2D eigenvalue weighted by Gasteiger charge is -2.17. The number of nitrogens with zero attached hydrogens (tertiary/aromatic N) is 3. The van der Waals surface area contributed by atoms with Crippen LogP contribution in [0.25, 0.3) is 11.6 Å². The molecule has 1 aromatic carbocycles. The van der Waals surface area contributed by atoms with E-state index >= 15 is 0 Å². The highest BCUT2D eigenvalue weighted by Gasteiger charge is 2.21. The standard InChI is InChI=1S/C20H24N4O2S/c1-14(11-12-16-8-5-4-6-9-16)21-19(25)15(2)27-20-23-22-18(24(20)3)17-10-7-13-26-17/h4-10,13-15H,11-12H2,1-3H3,(H,21,25)/t14-,15+/m1/s1.